The third-order valence-corrected chi connectivity index (χ3v) is 5.52. The van der Waals surface area contributed by atoms with Gasteiger partial charge >= 0.3 is 0 Å². The number of anilines is 3. The highest BCUT2D eigenvalue weighted by Gasteiger charge is 2.18. The number of pyridine rings is 1. The monoisotopic (exact) mass is 484 g/mol. The molecule has 1 fully saturated rings. The van der Waals surface area contributed by atoms with Crippen molar-refractivity contribution in [1.29, 1.82) is 0 Å². The van der Waals surface area contributed by atoms with Crippen molar-refractivity contribution < 1.29 is 19.1 Å². The van der Waals surface area contributed by atoms with E-state index in [9.17, 15) is 9.59 Å². The number of hydrogen-bond donors (Lipinski definition) is 2. The highest BCUT2D eigenvalue weighted by atomic mass is 16.5. The Hall–Kier alpha value is -4.70. The van der Waals surface area contributed by atoms with Crippen LogP contribution in [-0.4, -0.2) is 57.6 Å². The van der Waals surface area contributed by atoms with Crippen LogP contribution >= 0.6 is 0 Å². The molecule has 0 radical (unpaired) electrons. The average Bonchev–Trinajstić information content (AvgIpc) is 3.33. The summed E-state index contributed by atoms with van der Waals surface area (Å²) in [5, 5.41) is 10.4. The Kier molecular flexibility index (Phi) is 6.59. The lowest BCUT2D eigenvalue weighted by Gasteiger charge is -2.26. The second kappa shape index (κ2) is 10.3. The average molecular weight is 485 g/mol. The number of nitrogens with zero attached hydrogens (tertiary/aromatic N) is 4. The second-order valence-electron chi connectivity index (χ2n) is 8.00. The van der Waals surface area contributed by atoms with Crippen LogP contribution in [0.3, 0.4) is 0 Å². The fourth-order valence-electron chi connectivity index (χ4n) is 3.74. The first-order chi connectivity index (χ1) is 17.6. The van der Waals surface area contributed by atoms with E-state index in [4.69, 9.17) is 9.47 Å². The predicted octanol–water partition coefficient (Wildman–Crippen LogP) is 3.86. The number of nitrogens with one attached hydrogen (secondary N) is 2. The summed E-state index contributed by atoms with van der Waals surface area (Å²) in [7, 11) is 0. The summed E-state index contributed by atoms with van der Waals surface area (Å²) in [5.74, 6) is 1.04. The van der Waals surface area contributed by atoms with Crippen LogP contribution in [0.15, 0.2) is 79.4 Å². The molecule has 1 aliphatic heterocycles. The van der Waals surface area contributed by atoms with Gasteiger partial charge in [0, 0.05) is 42.2 Å². The summed E-state index contributed by atoms with van der Waals surface area (Å²) >= 11 is 0. The second-order valence-corrected chi connectivity index (χ2v) is 8.00. The Labute approximate surface area is 207 Å². The van der Waals surface area contributed by atoms with Gasteiger partial charge in [-0.1, -0.05) is 18.7 Å². The Morgan fingerprint density at radius 1 is 1.00 bits per heavy atom. The lowest BCUT2D eigenvalue weighted by Crippen LogP contribution is -2.40. The Bertz CT molecular complexity index is 1410. The molecule has 5 rings (SSSR count). The zero-order chi connectivity index (χ0) is 24.9. The SMILES string of the molecule is C=CC(=O)Nc1cccc(Oc2cccc3nc(Nc4ccc(C(=O)N5CCOCC5)cc4)nn23)c1. The minimum absolute atomic E-state index is 0.00868. The van der Waals surface area contributed by atoms with Crippen LogP contribution in [0.5, 0.6) is 11.6 Å². The molecule has 0 bridgehead atoms. The summed E-state index contributed by atoms with van der Waals surface area (Å²) in [6.07, 6.45) is 1.20. The number of benzene rings is 2. The summed E-state index contributed by atoms with van der Waals surface area (Å²) in [6.45, 7) is 5.78. The molecule has 0 unspecified atom stereocenters. The minimum atomic E-state index is -0.306. The molecule has 10 heteroatoms. The molecule has 0 atom stereocenters. The van der Waals surface area contributed by atoms with Crippen molar-refractivity contribution >= 4 is 34.8 Å². The first-order valence-electron chi connectivity index (χ1n) is 11.4. The Morgan fingerprint density at radius 3 is 2.56 bits per heavy atom. The molecular weight excluding hydrogens is 460 g/mol. The Morgan fingerprint density at radius 2 is 1.78 bits per heavy atom. The number of ether oxygens (including phenoxy) is 2. The van der Waals surface area contributed by atoms with Gasteiger partial charge in [0.2, 0.25) is 17.7 Å². The van der Waals surface area contributed by atoms with Crippen molar-refractivity contribution in [1.82, 2.24) is 19.5 Å². The van der Waals surface area contributed by atoms with E-state index < -0.39 is 0 Å². The lowest BCUT2D eigenvalue weighted by molar-refractivity contribution is -0.111. The number of fused-ring (bicyclic) bond motifs is 1. The molecule has 4 aromatic rings. The van der Waals surface area contributed by atoms with Gasteiger partial charge in [0.1, 0.15) is 5.75 Å². The number of morpholine rings is 1. The maximum absolute atomic E-state index is 12.6. The van der Waals surface area contributed by atoms with Gasteiger partial charge in [0.15, 0.2) is 5.65 Å². The van der Waals surface area contributed by atoms with Crippen LogP contribution in [0.1, 0.15) is 10.4 Å². The van der Waals surface area contributed by atoms with E-state index in [2.05, 4.69) is 27.3 Å². The molecule has 1 aliphatic rings. The van der Waals surface area contributed by atoms with Crippen molar-refractivity contribution in [2.75, 3.05) is 36.9 Å². The van der Waals surface area contributed by atoms with E-state index in [1.165, 1.54) is 6.08 Å². The van der Waals surface area contributed by atoms with Crippen molar-refractivity contribution in [3.8, 4) is 11.6 Å². The first kappa shape index (κ1) is 23.1. The molecular formula is C26H24N6O4. The number of amides is 2. The van der Waals surface area contributed by atoms with Crippen LogP contribution < -0.4 is 15.4 Å². The number of carbonyl (C=O) groups is 2. The van der Waals surface area contributed by atoms with Gasteiger partial charge in [0.05, 0.1) is 13.2 Å². The summed E-state index contributed by atoms with van der Waals surface area (Å²) in [5.41, 5.74) is 2.54. The van der Waals surface area contributed by atoms with E-state index in [0.29, 0.717) is 60.8 Å². The first-order valence-corrected chi connectivity index (χ1v) is 11.4. The smallest absolute Gasteiger partial charge is 0.254 e. The van der Waals surface area contributed by atoms with Crippen LogP contribution in [-0.2, 0) is 9.53 Å². The molecule has 0 spiro atoms. The molecule has 2 amide bonds. The molecule has 1 saturated heterocycles. The van der Waals surface area contributed by atoms with Gasteiger partial charge in [-0.25, -0.2) is 0 Å². The van der Waals surface area contributed by atoms with Crippen molar-refractivity contribution in [3.05, 3.63) is 84.9 Å². The number of hydrogen-bond acceptors (Lipinski definition) is 7. The molecule has 182 valence electrons. The van der Waals surface area contributed by atoms with E-state index in [1.807, 2.05) is 24.3 Å². The number of rotatable bonds is 7. The highest BCUT2D eigenvalue weighted by Crippen LogP contribution is 2.26. The largest absolute Gasteiger partial charge is 0.439 e. The van der Waals surface area contributed by atoms with Crippen LogP contribution in [0, 0.1) is 0 Å². The van der Waals surface area contributed by atoms with E-state index >= 15 is 0 Å². The van der Waals surface area contributed by atoms with Gasteiger partial charge in [-0.05, 0) is 48.5 Å². The fraction of sp³-hybridized carbons (Fsp3) is 0.154. The van der Waals surface area contributed by atoms with Crippen LogP contribution in [0.25, 0.3) is 5.65 Å². The summed E-state index contributed by atoms with van der Waals surface area (Å²) in [6, 6.07) is 19.6. The van der Waals surface area contributed by atoms with Gasteiger partial charge in [-0.15, -0.1) is 5.10 Å². The minimum Gasteiger partial charge on any atom is -0.439 e. The lowest BCUT2D eigenvalue weighted by atomic mass is 10.1. The maximum Gasteiger partial charge on any atom is 0.254 e. The van der Waals surface area contributed by atoms with Crippen molar-refractivity contribution in [2.45, 2.75) is 0 Å². The zero-order valence-electron chi connectivity index (χ0n) is 19.4. The quantitative estimate of drug-likeness (QED) is 0.383. The highest BCUT2D eigenvalue weighted by molar-refractivity contribution is 5.99. The summed E-state index contributed by atoms with van der Waals surface area (Å²) < 4.78 is 12.9. The maximum atomic E-state index is 12.6. The third-order valence-electron chi connectivity index (χ3n) is 5.52. The van der Waals surface area contributed by atoms with Crippen molar-refractivity contribution in [2.24, 2.45) is 0 Å². The number of carbonyl (C=O) groups excluding carboxylic acids is 2. The van der Waals surface area contributed by atoms with Gasteiger partial charge in [0.25, 0.3) is 5.91 Å². The van der Waals surface area contributed by atoms with Crippen LogP contribution in [0.4, 0.5) is 17.3 Å². The molecule has 2 aromatic carbocycles. The standard InChI is InChI=1S/C26H24N6O4/c1-2-23(33)27-20-5-3-6-21(17-20)36-24-8-4-7-22-29-26(30-32(22)24)28-19-11-9-18(10-12-19)25(34)31-13-15-35-16-14-31/h2-12,17H,1,13-16H2,(H,27,33)(H,28,30). The van der Waals surface area contributed by atoms with Gasteiger partial charge in [-0.2, -0.15) is 9.50 Å². The molecule has 3 heterocycles. The van der Waals surface area contributed by atoms with Crippen LogP contribution in [0.2, 0.25) is 0 Å². The van der Waals surface area contributed by atoms with E-state index in [-0.39, 0.29) is 11.8 Å². The molecule has 0 saturated carbocycles. The normalized spacial score (nSPS) is 13.3. The molecule has 2 N–H and O–H groups in total. The summed E-state index contributed by atoms with van der Waals surface area (Å²) in [4.78, 5) is 30.5. The van der Waals surface area contributed by atoms with Crippen molar-refractivity contribution in [3.63, 3.8) is 0 Å². The third kappa shape index (κ3) is 5.18. The Balaban J connectivity index is 1.30. The number of aromatic nitrogens is 3. The fourth-order valence-corrected chi connectivity index (χ4v) is 3.74. The van der Waals surface area contributed by atoms with Gasteiger partial charge < -0.3 is 25.0 Å². The molecule has 0 aliphatic carbocycles. The molecule has 10 nitrogen and oxygen atoms in total. The van der Waals surface area contributed by atoms with E-state index in [1.54, 1.807) is 51.9 Å². The molecule has 36 heavy (non-hydrogen) atoms. The van der Waals surface area contributed by atoms with E-state index in [0.717, 1.165) is 5.69 Å². The predicted molar refractivity (Wildman–Crippen MR) is 135 cm³/mol. The van der Waals surface area contributed by atoms with Gasteiger partial charge in [-0.3, -0.25) is 9.59 Å². The zero-order valence-corrected chi connectivity index (χ0v) is 19.4. The topological polar surface area (TPSA) is 110 Å². The molecule has 2 aromatic heterocycles.